The van der Waals surface area contributed by atoms with Crippen LogP contribution in [-0.4, -0.2) is 23.4 Å². The fraction of sp³-hybridized carbons (Fsp3) is 0.526. The van der Waals surface area contributed by atoms with E-state index < -0.39 is 0 Å². The van der Waals surface area contributed by atoms with Gasteiger partial charge in [0.1, 0.15) is 0 Å². The Morgan fingerprint density at radius 1 is 0.957 bits per heavy atom. The van der Waals surface area contributed by atoms with E-state index in [9.17, 15) is 0 Å². The van der Waals surface area contributed by atoms with Gasteiger partial charge in [0.2, 0.25) is 0 Å². The SMILES string of the molecule is CCOc1ccccc1OCCCCCCc1c(C)n[nH]c1C. The number of H-pyrrole nitrogens is 1. The van der Waals surface area contributed by atoms with E-state index in [4.69, 9.17) is 9.47 Å². The monoisotopic (exact) mass is 316 g/mol. The Balaban J connectivity index is 1.61. The molecule has 0 amide bonds. The summed E-state index contributed by atoms with van der Waals surface area (Å²) in [6, 6.07) is 7.87. The Morgan fingerprint density at radius 2 is 1.65 bits per heavy atom. The Hall–Kier alpha value is -1.97. The number of nitrogens with zero attached hydrogens (tertiary/aromatic N) is 1. The first-order valence-electron chi connectivity index (χ1n) is 8.57. The first-order valence-corrected chi connectivity index (χ1v) is 8.57. The second-order valence-corrected chi connectivity index (χ2v) is 5.80. The van der Waals surface area contributed by atoms with E-state index in [2.05, 4.69) is 24.0 Å². The summed E-state index contributed by atoms with van der Waals surface area (Å²) in [5.41, 5.74) is 3.73. The number of para-hydroxylation sites is 2. The van der Waals surface area contributed by atoms with Crippen molar-refractivity contribution < 1.29 is 9.47 Å². The van der Waals surface area contributed by atoms with Gasteiger partial charge in [0.15, 0.2) is 11.5 Å². The number of aromatic nitrogens is 2. The van der Waals surface area contributed by atoms with Gasteiger partial charge >= 0.3 is 0 Å². The van der Waals surface area contributed by atoms with Gasteiger partial charge in [-0.05, 0) is 57.7 Å². The van der Waals surface area contributed by atoms with Crippen LogP contribution in [0.5, 0.6) is 11.5 Å². The predicted molar refractivity (Wildman–Crippen MR) is 93.3 cm³/mol. The minimum atomic E-state index is 0.660. The molecule has 1 heterocycles. The van der Waals surface area contributed by atoms with Gasteiger partial charge < -0.3 is 9.47 Å². The number of rotatable bonds is 10. The zero-order valence-electron chi connectivity index (χ0n) is 14.5. The van der Waals surface area contributed by atoms with Crippen LogP contribution in [0.3, 0.4) is 0 Å². The molecule has 1 aromatic carbocycles. The van der Waals surface area contributed by atoms with Crippen molar-refractivity contribution in [3.8, 4) is 11.5 Å². The fourth-order valence-corrected chi connectivity index (χ4v) is 2.73. The highest BCUT2D eigenvalue weighted by molar-refractivity contribution is 5.39. The van der Waals surface area contributed by atoms with Gasteiger partial charge in [0, 0.05) is 5.69 Å². The topological polar surface area (TPSA) is 47.1 Å². The van der Waals surface area contributed by atoms with Crippen molar-refractivity contribution >= 4 is 0 Å². The van der Waals surface area contributed by atoms with E-state index in [-0.39, 0.29) is 0 Å². The second-order valence-electron chi connectivity index (χ2n) is 5.80. The fourth-order valence-electron chi connectivity index (χ4n) is 2.73. The number of aryl methyl sites for hydroxylation is 2. The number of aromatic amines is 1. The van der Waals surface area contributed by atoms with Crippen LogP contribution in [0.15, 0.2) is 24.3 Å². The largest absolute Gasteiger partial charge is 0.490 e. The molecule has 0 unspecified atom stereocenters. The third-order valence-corrected chi connectivity index (χ3v) is 4.01. The van der Waals surface area contributed by atoms with Gasteiger partial charge in [0.05, 0.1) is 18.9 Å². The van der Waals surface area contributed by atoms with Gasteiger partial charge in [-0.2, -0.15) is 5.10 Å². The van der Waals surface area contributed by atoms with Crippen LogP contribution in [0.25, 0.3) is 0 Å². The normalized spacial score (nSPS) is 10.7. The molecule has 4 heteroatoms. The second kappa shape index (κ2) is 9.23. The molecule has 0 radical (unpaired) electrons. The molecule has 0 aliphatic carbocycles. The van der Waals surface area contributed by atoms with E-state index in [1.165, 1.54) is 30.5 Å². The van der Waals surface area contributed by atoms with Gasteiger partial charge in [-0.15, -0.1) is 0 Å². The summed E-state index contributed by atoms with van der Waals surface area (Å²) in [5.74, 6) is 1.68. The molecule has 0 fully saturated rings. The quantitative estimate of drug-likeness (QED) is 0.651. The van der Waals surface area contributed by atoms with Crippen molar-refractivity contribution in [2.24, 2.45) is 0 Å². The lowest BCUT2D eigenvalue weighted by molar-refractivity contribution is 0.270. The number of ether oxygens (including phenoxy) is 2. The Bertz CT molecular complexity index is 573. The minimum absolute atomic E-state index is 0.660. The van der Waals surface area contributed by atoms with E-state index in [1.807, 2.05) is 31.2 Å². The molecule has 4 nitrogen and oxygen atoms in total. The summed E-state index contributed by atoms with van der Waals surface area (Å²) in [6.07, 6.45) is 5.80. The van der Waals surface area contributed by atoms with E-state index in [1.54, 1.807) is 0 Å². The molecular weight excluding hydrogens is 288 g/mol. The summed E-state index contributed by atoms with van der Waals surface area (Å²) in [6.45, 7) is 7.56. The van der Waals surface area contributed by atoms with Crippen LogP contribution in [0.2, 0.25) is 0 Å². The highest BCUT2D eigenvalue weighted by atomic mass is 16.5. The smallest absolute Gasteiger partial charge is 0.161 e. The van der Waals surface area contributed by atoms with Gasteiger partial charge in [-0.25, -0.2) is 0 Å². The average molecular weight is 316 g/mol. The van der Waals surface area contributed by atoms with Gasteiger partial charge in [-0.3, -0.25) is 5.10 Å². The van der Waals surface area contributed by atoms with Gasteiger partial charge in [0.25, 0.3) is 0 Å². The number of nitrogens with one attached hydrogen (secondary N) is 1. The van der Waals surface area contributed by atoms with Crippen LogP contribution in [0.1, 0.15) is 49.6 Å². The van der Waals surface area contributed by atoms with Crippen molar-refractivity contribution in [3.63, 3.8) is 0 Å². The summed E-state index contributed by atoms with van der Waals surface area (Å²) in [5, 5.41) is 7.29. The van der Waals surface area contributed by atoms with E-state index >= 15 is 0 Å². The van der Waals surface area contributed by atoms with Crippen LogP contribution in [0, 0.1) is 13.8 Å². The lowest BCUT2D eigenvalue weighted by atomic mass is 10.0. The Morgan fingerprint density at radius 3 is 2.30 bits per heavy atom. The van der Waals surface area contributed by atoms with Crippen molar-refractivity contribution in [1.82, 2.24) is 10.2 Å². The zero-order valence-corrected chi connectivity index (χ0v) is 14.5. The van der Waals surface area contributed by atoms with E-state index in [0.717, 1.165) is 36.6 Å². The molecule has 0 atom stereocenters. The number of hydrogen-bond acceptors (Lipinski definition) is 3. The maximum atomic E-state index is 5.84. The molecule has 0 aliphatic rings. The predicted octanol–water partition coefficient (Wildman–Crippen LogP) is 4.61. The summed E-state index contributed by atoms with van der Waals surface area (Å²) >= 11 is 0. The highest BCUT2D eigenvalue weighted by Crippen LogP contribution is 2.26. The lowest BCUT2D eigenvalue weighted by Crippen LogP contribution is -2.01. The third-order valence-electron chi connectivity index (χ3n) is 4.01. The van der Waals surface area contributed by atoms with Crippen LogP contribution >= 0.6 is 0 Å². The molecule has 2 aromatic rings. The maximum absolute atomic E-state index is 5.84. The molecule has 0 saturated carbocycles. The third kappa shape index (κ3) is 5.31. The highest BCUT2D eigenvalue weighted by Gasteiger charge is 2.06. The molecule has 0 aliphatic heterocycles. The number of unbranched alkanes of at least 4 members (excludes halogenated alkanes) is 3. The zero-order chi connectivity index (χ0) is 16.5. The summed E-state index contributed by atoms with van der Waals surface area (Å²) in [7, 11) is 0. The lowest BCUT2D eigenvalue weighted by Gasteiger charge is -2.11. The Labute approximate surface area is 139 Å². The molecular formula is C19H28N2O2. The van der Waals surface area contributed by atoms with Crippen LogP contribution in [0.4, 0.5) is 0 Å². The van der Waals surface area contributed by atoms with Crippen molar-refractivity contribution in [1.29, 1.82) is 0 Å². The molecule has 1 aromatic heterocycles. The molecule has 23 heavy (non-hydrogen) atoms. The molecule has 0 bridgehead atoms. The first-order chi connectivity index (χ1) is 11.2. The van der Waals surface area contributed by atoms with Crippen LogP contribution in [-0.2, 0) is 6.42 Å². The summed E-state index contributed by atoms with van der Waals surface area (Å²) < 4.78 is 11.4. The Kier molecular flexibility index (Phi) is 6.98. The number of hydrogen-bond donors (Lipinski definition) is 1. The average Bonchev–Trinajstić information content (AvgIpc) is 2.87. The summed E-state index contributed by atoms with van der Waals surface area (Å²) in [4.78, 5) is 0. The molecule has 126 valence electrons. The van der Waals surface area contributed by atoms with Crippen LogP contribution < -0.4 is 9.47 Å². The maximum Gasteiger partial charge on any atom is 0.161 e. The van der Waals surface area contributed by atoms with E-state index in [0.29, 0.717) is 6.61 Å². The van der Waals surface area contributed by atoms with Gasteiger partial charge in [-0.1, -0.05) is 25.0 Å². The molecule has 1 N–H and O–H groups in total. The molecule has 0 spiro atoms. The minimum Gasteiger partial charge on any atom is -0.490 e. The van der Waals surface area contributed by atoms with Crippen molar-refractivity contribution in [2.75, 3.05) is 13.2 Å². The number of benzene rings is 1. The van der Waals surface area contributed by atoms with Crippen molar-refractivity contribution in [2.45, 2.75) is 52.9 Å². The molecule has 2 rings (SSSR count). The standard InChI is InChI=1S/C19H28N2O2/c1-4-22-18-12-8-9-13-19(18)23-14-10-6-5-7-11-17-15(2)20-21-16(17)3/h8-9,12-13H,4-7,10-11,14H2,1-3H3,(H,20,21). The first kappa shape index (κ1) is 17.4. The molecule has 0 saturated heterocycles. The van der Waals surface area contributed by atoms with Crippen molar-refractivity contribution in [3.05, 3.63) is 41.2 Å².